The molecule has 1 atom stereocenters. The molecule has 0 saturated heterocycles. The standard InChI is InChI=1S/C15H18N2O4S/c1-7(2)11(15(19)20)17-13(18)12-9(4)16-14(22-12)10-6-5-8(3)21-10/h5-7,11H,1-4H3,(H,17,18)(H,19,20)/t11-/m1/s1. The minimum atomic E-state index is -1.05. The lowest BCUT2D eigenvalue weighted by molar-refractivity contribution is -0.140. The van der Waals surface area contributed by atoms with Gasteiger partial charge in [0, 0.05) is 0 Å². The summed E-state index contributed by atoms with van der Waals surface area (Å²) in [5.41, 5.74) is 0.555. The molecule has 1 amide bonds. The van der Waals surface area contributed by atoms with E-state index in [0.29, 0.717) is 21.3 Å². The summed E-state index contributed by atoms with van der Waals surface area (Å²) >= 11 is 1.19. The number of carboxylic acids is 1. The number of hydrogen-bond acceptors (Lipinski definition) is 5. The summed E-state index contributed by atoms with van der Waals surface area (Å²) in [7, 11) is 0. The van der Waals surface area contributed by atoms with Crippen LogP contribution >= 0.6 is 11.3 Å². The van der Waals surface area contributed by atoms with Gasteiger partial charge < -0.3 is 14.8 Å². The van der Waals surface area contributed by atoms with E-state index in [4.69, 9.17) is 9.52 Å². The van der Waals surface area contributed by atoms with Crippen LogP contribution in [0.5, 0.6) is 0 Å². The first kappa shape index (κ1) is 16.2. The number of nitrogens with zero attached hydrogens (tertiary/aromatic N) is 1. The fourth-order valence-electron chi connectivity index (χ4n) is 1.98. The average molecular weight is 322 g/mol. The van der Waals surface area contributed by atoms with E-state index in [2.05, 4.69) is 10.3 Å². The highest BCUT2D eigenvalue weighted by atomic mass is 32.1. The van der Waals surface area contributed by atoms with Crippen LogP contribution in [0.15, 0.2) is 16.5 Å². The van der Waals surface area contributed by atoms with E-state index in [9.17, 15) is 9.59 Å². The Morgan fingerprint density at radius 1 is 1.32 bits per heavy atom. The first-order chi connectivity index (χ1) is 10.3. The van der Waals surface area contributed by atoms with Crippen LogP contribution in [0.4, 0.5) is 0 Å². The van der Waals surface area contributed by atoms with Gasteiger partial charge in [0.25, 0.3) is 5.91 Å². The molecule has 6 nitrogen and oxygen atoms in total. The molecule has 2 aromatic heterocycles. The molecule has 7 heteroatoms. The maximum absolute atomic E-state index is 12.3. The van der Waals surface area contributed by atoms with Crippen molar-refractivity contribution >= 4 is 23.2 Å². The maximum atomic E-state index is 12.3. The van der Waals surface area contributed by atoms with Gasteiger partial charge in [-0.25, -0.2) is 9.78 Å². The Hall–Kier alpha value is -2.15. The van der Waals surface area contributed by atoms with E-state index in [1.165, 1.54) is 11.3 Å². The second-order valence-corrected chi connectivity index (χ2v) is 6.38. The molecule has 0 saturated carbocycles. The topological polar surface area (TPSA) is 92.4 Å². The van der Waals surface area contributed by atoms with Gasteiger partial charge in [0.2, 0.25) is 0 Å². The number of aliphatic carboxylic acids is 1. The Balaban J connectivity index is 2.24. The predicted molar refractivity (Wildman–Crippen MR) is 83.0 cm³/mol. The molecule has 0 spiro atoms. The molecular formula is C15H18N2O4S. The Bertz CT molecular complexity index is 702. The number of carbonyl (C=O) groups is 2. The summed E-state index contributed by atoms with van der Waals surface area (Å²) in [6.07, 6.45) is 0. The van der Waals surface area contributed by atoms with Gasteiger partial charge in [0.05, 0.1) is 5.69 Å². The lowest BCUT2D eigenvalue weighted by Crippen LogP contribution is -2.44. The number of aromatic nitrogens is 1. The molecule has 2 N–H and O–H groups in total. The summed E-state index contributed by atoms with van der Waals surface area (Å²) in [4.78, 5) is 28.2. The van der Waals surface area contributed by atoms with Crippen LogP contribution in [0, 0.1) is 19.8 Å². The third-order valence-electron chi connectivity index (χ3n) is 3.17. The van der Waals surface area contributed by atoms with Crippen LogP contribution < -0.4 is 5.32 Å². The Morgan fingerprint density at radius 2 is 2.00 bits per heavy atom. The quantitative estimate of drug-likeness (QED) is 0.883. The SMILES string of the molecule is Cc1ccc(-c2nc(C)c(C(=O)N[C@@H](C(=O)O)C(C)C)s2)o1. The molecule has 0 fully saturated rings. The molecule has 0 radical (unpaired) electrons. The van der Waals surface area contributed by atoms with E-state index in [1.54, 1.807) is 26.8 Å². The molecule has 22 heavy (non-hydrogen) atoms. The largest absolute Gasteiger partial charge is 0.480 e. The van der Waals surface area contributed by atoms with Gasteiger partial charge in [0.1, 0.15) is 16.7 Å². The number of carboxylic acid groups (broad SMARTS) is 1. The zero-order valence-corrected chi connectivity index (χ0v) is 13.7. The summed E-state index contributed by atoms with van der Waals surface area (Å²) < 4.78 is 5.50. The zero-order valence-electron chi connectivity index (χ0n) is 12.8. The lowest BCUT2D eigenvalue weighted by Gasteiger charge is -2.17. The molecule has 2 aromatic rings. The van der Waals surface area contributed by atoms with Crippen LogP contribution in [0.1, 0.15) is 35.0 Å². The van der Waals surface area contributed by atoms with E-state index in [-0.39, 0.29) is 5.92 Å². The number of aryl methyl sites for hydroxylation is 2. The lowest BCUT2D eigenvalue weighted by atomic mass is 10.0. The molecule has 0 aromatic carbocycles. The highest BCUT2D eigenvalue weighted by Gasteiger charge is 2.26. The second kappa shape index (κ2) is 6.31. The molecule has 0 aliphatic carbocycles. The van der Waals surface area contributed by atoms with Crippen molar-refractivity contribution in [1.29, 1.82) is 0 Å². The van der Waals surface area contributed by atoms with Gasteiger partial charge in [-0.15, -0.1) is 11.3 Å². The number of hydrogen-bond donors (Lipinski definition) is 2. The van der Waals surface area contributed by atoms with Crippen molar-refractivity contribution in [1.82, 2.24) is 10.3 Å². The highest BCUT2D eigenvalue weighted by molar-refractivity contribution is 7.17. The van der Waals surface area contributed by atoms with Crippen LogP contribution in [-0.4, -0.2) is 28.0 Å². The van der Waals surface area contributed by atoms with E-state index in [1.807, 2.05) is 13.0 Å². The Labute approximate surface area is 132 Å². The number of nitrogens with one attached hydrogen (secondary N) is 1. The first-order valence-corrected chi connectivity index (χ1v) is 7.69. The monoisotopic (exact) mass is 322 g/mol. The highest BCUT2D eigenvalue weighted by Crippen LogP contribution is 2.29. The van der Waals surface area contributed by atoms with E-state index >= 15 is 0 Å². The Morgan fingerprint density at radius 3 is 2.50 bits per heavy atom. The summed E-state index contributed by atoms with van der Waals surface area (Å²) in [5, 5.41) is 12.3. The number of furan rings is 1. The minimum Gasteiger partial charge on any atom is -0.480 e. The molecule has 2 rings (SSSR count). The minimum absolute atomic E-state index is 0.207. The Kier molecular flexibility index (Phi) is 4.65. The van der Waals surface area contributed by atoms with Gasteiger partial charge in [-0.3, -0.25) is 4.79 Å². The second-order valence-electron chi connectivity index (χ2n) is 5.38. The molecular weight excluding hydrogens is 304 g/mol. The van der Waals surface area contributed by atoms with Crippen LogP contribution in [0.2, 0.25) is 0 Å². The van der Waals surface area contributed by atoms with Crippen molar-refractivity contribution in [2.24, 2.45) is 5.92 Å². The smallest absolute Gasteiger partial charge is 0.326 e. The summed E-state index contributed by atoms with van der Waals surface area (Å²) in [5.74, 6) is -0.317. The normalized spacial score (nSPS) is 12.4. The van der Waals surface area contributed by atoms with Gasteiger partial charge in [-0.1, -0.05) is 13.8 Å². The third kappa shape index (κ3) is 3.36. The maximum Gasteiger partial charge on any atom is 0.326 e. The van der Waals surface area contributed by atoms with Crippen molar-refractivity contribution in [3.63, 3.8) is 0 Å². The fraction of sp³-hybridized carbons (Fsp3) is 0.400. The molecule has 2 heterocycles. The van der Waals surface area contributed by atoms with Gasteiger partial charge in [-0.2, -0.15) is 0 Å². The summed E-state index contributed by atoms with van der Waals surface area (Å²) in [6.45, 7) is 7.04. The third-order valence-corrected chi connectivity index (χ3v) is 4.34. The molecule has 0 bridgehead atoms. The van der Waals surface area contributed by atoms with Gasteiger partial charge >= 0.3 is 5.97 Å². The molecule has 118 valence electrons. The van der Waals surface area contributed by atoms with Crippen LogP contribution in [0.25, 0.3) is 10.8 Å². The van der Waals surface area contributed by atoms with Crippen molar-refractivity contribution in [2.45, 2.75) is 33.7 Å². The van der Waals surface area contributed by atoms with Crippen LogP contribution in [0.3, 0.4) is 0 Å². The summed E-state index contributed by atoms with van der Waals surface area (Å²) in [6, 6.07) is 2.69. The van der Waals surface area contributed by atoms with Gasteiger partial charge in [0.15, 0.2) is 10.8 Å². The molecule has 0 unspecified atom stereocenters. The predicted octanol–water partition coefficient (Wildman–Crippen LogP) is 2.86. The average Bonchev–Trinajstić information content (AvgIpc) is 3.01. The first-order valence-electron chi connectivity index (χ1n) is 6.87. The number of rotatable bonds is 5. The molecule has 0 aliphatic heterocycles. The number of amides is 1. The number of thiazole rings is 1. The van der Waals surface area contributed by atoms with Gasteiger partial charge in [-0.05, 0) is 31.9 Å². The number of carbonyl (C=O) groups excluding carboxylic acids is 1. The zero-order chi connectivity index (χ0) is 16.4. The fourth-order valence-corrected chi connectivity index (χ4v) is 2.91. The van der Waals surface area contributed by atoms with Crippen molar-refractivity contribution in [2.75, 3.05) is 0 Å². The van der Waals surface area contributed by atoms with Crippen LogP contribution in [-0.2, 0) is 4.79 Å². The van der Waals surface area contributed by atoms with E-state index in [0.717, 1.165) is 5.76 Å². The molecule has 0 aliphatic rings. The van der Waals surface area contributed by atoms with Crippen molar-refractivity contribution in [3.8, 4) is 10.8 Å². The van der Waals surface area contributed by atoms with E-state index < -0.39 is 17.9 Å². The van der Waals surface area contributed by atoms with Crippen molar-refractivity contribution < 1.29 is 19.1 Å². The van der Waals surface area contributed by atoms with Crippen molar-refractivity contribution in [3.05, 3.63) is 28.5 Å².